The van der Waals surface area contributed by atoms with E-state index in [-0.39, 0.29) is 53.4 Å². The lowest BCUT2D eigenvalue weighted by molar-refractivity contribution is -0.151. The number of para-hydroxylation sites is 1. The minimum atomic E-state index is -0.530. The first-order valence-corrected chi connectivity index (χ1v) is 14.5. The van der Waals surface area contributed by atoms with Crippen molar-refractivity contribution < 1.29 is 28.7 Å². The van der Waals surface area contributed by atoms with Crippen molar-refractivity contribution in [2.75, 3.05) is 26.8 Å². The molecule has 2 amide bonds. The molecule has 1 aliphatic heterocycles. The molecule has 0 bridgehead atoms. The molecule has 1 saturated heterocycles. The van der Waals surface area contributed by atoms with Crippen molar-refractivity contribution in [1.82, 2.24) is 14.8 Å². The van der Waals surface area contributed by atoms with Crippen LogP contribution in [0.2, 0.25) is 0 Å². The summed E-state index contributed by atoms with van der Waals surface area (Å²) in [5, 5.41) is 3.88. The number of aromatic nitrogens is 1. The minimum Gasteiger partial charge on any atom is -0.494 e. The largest absolute Gasteiger partial charge is 0.494 e. The van der Waals surface area contributed by atoms with E-state index in [1.54, 1.807) is 41.3 Å². The van der Waals surface area contributed by atoms with Crippen LogP contribution in [-0.4, -0.2) is 65.9 Å². The third kappa shape index (κ3) is 5.78. The molecule has 4 aromatic rings. The number of esters is 1. The second-order valence-corrected chi connectivity index (χ2v) is 11.1. The molecule has 42 heavy (non-hydrogen) atoms. The summed E-state index contributed by atoms with van der Waals surface area (Å²) < 4.78 is 12.5. The predicted molar refractivity (Wildman–Crippen MR) is 159 cm³/mol. The molecule has 0 aliphatic carbocycles. The SMILES string of the molecule is COc1c(C(=O)NCC2CCCCN2C(=O)COC(C)=O)sc2c1c(=O)n(CC(=O)c1ccccc1)c1ccccc21. The van der Waals surface area contributed by atoms with Crippen molar-refractivity contribution in [3.8, 4) is 5.75 Å². The second kappa shape index (κ2) is 12.6. The number of benzene rings is 2. The van der Waals surface area contributed by atoms with Crippen molar-refractivity contribution in [3.63, 3.8) is 0 Å². The summed E-state index contributed by atoms with van der Waals surface area (Å²) in [6.45, 7) is 1.45. The molecule has 218 valence electrons. The number of methoxy groups -OCH3 is 1. The van der Waals surface area contributed by atoms with Gasteiger partial charge in [-0.1, -0.05) is 48.5 Å². The summed E-state index contributed by atoms with van der Waals surface area (Å²) in [6.07, 6.45) is 2.42. The molecule has 3 heterocycles. The van der Waals surface area contributed by atoms with E-state index >= 15 is 0 Å². The number of hydrogen-bond donors (Lipinski definition) is 1. The van der Waals surface area contributed by atoms with Crippen LogP contribution in [0.4, 0.5) is 0 Å². The molecule has 2 aromatic carbocycles. The zero-order valence-electron chi connectivity index (χ0n) is 23.4. The number of rotatable bonds is 9. The van der Waals surface area contributed by atoms with Crippen molar-refractivity contribution in [2.24, 2.45) is 0 Å². The minimum absolute atomic E-state index is 0.149. The number of amides is 2. The summed E-state index contributed by atoms with van der Waals surface area (Å²) >= 11 is 1.16. The lowest BCUT2D eigenvalue weighted by atomic mass is 10.0. The fraction of sp³-hybridized carbons (Fsp3) is 0.323. The molecule has 1 N–H and O–H groups in total. The van der Waals surface area contributed by atoms with Gasteiger partial charge in [-0.15, -0.1) is 11.3 Å². The fourth-order valence-electron chi connectivity index (χ4n) is 5.38. The Morgan fingerprint density at radius 2 is 1.76 bits per heavy atom. The zero-order chi connectivity index (χ0) is 29.8. The Morgan fingerprint density at radius 1 is 1.02 bits per heavy atom. The number of nitrogens with zero attached hydrogens (tertiary/aromatic N) is 2. The summed E-state index contributed by atoms with van der Waals surface area (Å²) in [6, 6.07) is 15.8. The highest BCUT2D eigenvalue weighted by atomic mass is 32.1. The fourth-order valence-corrected chi connectivity index (χ4v) is 6.60. The van der Waals surface area contributed by atoms with Crippen LogP contribution >= 0.6 is 11.3 Å². The quantitative estimate of drug-likeness (QED) is 0.233. The molecule has 0 radical (unpaired) electrons. The molecule has 1 atom stereocenters. The first-order chi connectivity index (χ1) is 20.3. The Balaban J connectivity index is 1.46. The van der Waals surface area contributed by atoms with Gasteiger partial charge in [-0.3, -0.25) is 28.5 Å². The van der Waals surface area contributed by atoms with E-state index < -0.39 is 17.4 Å². The van der Waals surface area contributed by atoms with Crippen LogP contribution in [-0.2, 0) is 20.9 Å². The maximum atomic E-state index is 13.9. The van der Waals surface area contributed by atoms with Gasteiger partial charge in [-0.25, -0.2) is 0 Å². The molecular weight excluding hydrogens is 558 g/mol. The molecule has 1 fully saturated rings. The van der Waals surface area contributed by atoms with Gasteiger partial charge >= 0.3 is 5.97 Å². The standard InChI is InChI=1S/C31H31N3O7S/c1-19(35)41-18-25(37)33-15-9-8-12-21(33)16-32-30(38)29-27(40-2)26-28(42-29)22-13-6-7-14-23(22)34(31(26)39)17-24(36)20-10-4-3-5-11-20/h3-7,10-11,13-14,21H,8-9,12,15-18H2,1-2H3,(H,32,38). The predicted octanol–water partition coefficient (Wildman–Crippen LogP) is 3.78. The van der Waals surface area contributed by atoms with Gasteiger partial charge in [-0.05, 0) is 25.3 Å². The average molecular weight is 590 g/mol. The first kappa shape index (κ1) is 29.0. The van der Waals surface area contributed by atoms with E-state index in [1.165, 1.54) is 18.6 Å². The molecule has 5 rings (SSSR count). The van der Waals surface area contributed by atoms with Crippen molar-refractivity contribution in [1.29, 1.82) is 0 Å². The number of hydrogen-bond acceptors (Lipinski definition) is 8. The normalized spacial score (nSPS) is 15.0. The smallest absolute Gasteiger partial charge is 0.303 e. The van der Waals surface area contributed by atoms with Gasteiger partial charge in [0.15, 0.2) is 18.1 Å². The van der Waals surface area contributed by atoms with Crippen molar-refractivity contribution in [3.05, 3.63) is 75.4 Å². The number of thiophene rings is 1. The number of Topliss-reactive ketones (excluding diaryl/α,β-unsaturated/α-hetero) is 1. The third-order valence-electron chi connectivity index (χ3n) is 7.42. The Hall–Kier alpha value is -4.51. The van der Waals surface area contributed by atoms with Crippen LogP contribution in [0.3, 0.4) is 0 Å². The van der Waals surface area contributed by atoms with Gasteiger partial charge in [0.05, 0.1) is 23.9 Å². The Morgan fingerprint density at radius 3 is 2.50 bits per heavy atom. The summed E-state index contributed by atoms with van der Waals surface area (Å²) in [5.74, 6) is -1.33. The molecule has 0 saturated carbocycles. The molecule has 1 aliphatic rings. The van der Waals surface area contributed by atoms with Gasteiger partial charge in [0.25, 0.3) is 17.4 Å². The van der Waals surface area contributed by atoms with Crippen LogP contribution in [0.15, 0.2) is 59.4 Å². The first-order valence-electron chi connectivity index (χ1n) is 13.7. The maximum Gasteiger partial charge on any atom is 0.303 e. The highest BCUT2D eigenvalue weighted by molar-refractivity contribution is 7.22. The number of carbonyl (C=O) groups excluding carboxylic acids is 4. The average Bonchev–Trinajstić information content (AvgIpc) is 3.41. The topological polar surface area (TPSA) is 124 Å². The van der Waals surface area contributed by atoms with Crippen LogP contribution in [0.25, 0.3) is 21.0 Å². The van der Waals surface area contributed by atoms with Crippen LogP contribution in [0.1, 0.15) is 46.2 Å². The summed E-state index contributed by atoms with van der Waals surface area (Å²) in [4.78, 5) is 66.2. The third-order valence-corrected chi connectivity index (χ3v) is 8.62. The number of ether oxygens (including phenoxy) is 2. The molecule has 1 unspecified atom stereocenters. The summed E-state index contributed by atoms with van der Waals surface area (Å²) in [7, 11) is 1.41. The Bertz CT molecular complexity index is 1730. The molecule has 10 nitrogen and oxygen atoms in total. The van der Waals surface area contributed by atoms with Gasteiger partial charge in [-0.2, -0.15) is 0 Å². The number of fused-ring (bicyclic) bond motifs is 3. The number of ketones is 1. The van der Waals surface area contributed by atoms with Crippen LogP contribution < -0.4 is 15.6 Å². The van der Waals surface area contributed by atoms with E-state index in [0.717, 1.165) is 29.6 Å². The zero-order valence-corrected chi connectivity index (χ0v) is 24.2. The maximum absolute atomic E-state index is 13.9. The van der Waals surface area contributed by atoms with E-state index in [0.29, 0.717) is 28.7 Å². The number of carbonyl (C=O) groups is 4. The number of likely N-dealkylation sites (tertiary alicyclic amines) is 1. The highest BCUT2D eigenvalue weighted by Gasteiger charge is 2.30. The molecule has 0 spiro atoms. The van der Waals surface area contributed by atoms with E-state index in [2.05, 4.69) is 5.32 Å². The molecule has 11 heteroatoms. The van der Waals surface area contributed by atoms with Gasteiger partial charge in [0.1, 0.15) is 10.3 Å². The second-order valence-electron chi connectivity index (χ2n) is 10.1. The van der Waals surface area contributed by atoms with Gasteiger partial charge in [0.2, 0.25) is 0 Å². The Labute approximate surface area is 245 Å². The highest BCUT2D eigenvalue weighted by Crippen LogP contribution is 2.39. The van der Waals surface area contributed by atoms with Crippen molar-refractivity contribution >= 4 is 55.9 Å². The van der Waals surface area contributed by atoms with E-state index in [9.17, 15) is 24.0 Å². The van der Waals surface area contributed by atoms with Gasteiger partial charge in [0, 0.05) is 37.0 Å². The van der Waals surface area contributed by atoms with E-state index in [1.807, 2.05) is 18.2 Å². The van der Waals surface area contributed by atoms with Crippen LogP contribution in [0, 0.1) is 0 Å². The van der Waals surface area contributed by atoms with Crippen molar-refractivity contribution in [2.45, 2.75) is 38.8 Å². The Kier molecular flexibility index (Phi) is 8.67. The number of pyridine rings is 1. The van der Waals surface area contributed by atoms with Crippen LogP contribution in [0.5, 0.6) is 5.75 Å². The number of nitrogens with one attached hydrogen (secondary N) is 1. The molecule has 2 aromatic heterocycles. The monoisotopic (exact) mass is 589 g/mol. The van der Waals surface area contributed by atoms with E-state index in [4.69, 9.17) is 9.47 Å². The summed E-state index contributed by atoms with van der Waals surface area (Å²) in [5.41, 5.74) is 0.656. The lowest BCUT2D eigenvalue weighted by Crippen LogP contribution is -2.50. The van der Waals surface area contributed by atoms with Gasteiger partial charge < -0.3 is 19.7 Å². The molecular formula is C31H31N3O7S. The lowest BCUT2D eigenvalue weighted by Gasteiger charge is -2.35. The number of piperidine rings is 1.